The van der Waals surface area contributed by atoms with E-state index in [0.717, 1.165) is 26.5 Å². The average Bonchev–Trinajstić information content (AvgIpc) is 2.91. The fourth-order valence-corrected chi connectivity index (χ4v) is 4.71. The van der Waals surface area contributed by atoms with Crippen LogP contribution in [0.15, 0.2) is 101 Å². The van der Waals surface area contributed by atoms with Gasteiger partial charge in [0.1, 0.15) is 11.5 Å². The van der Waals surface area contributed by atoms with Gasteiger partial charge in [-0.15, -0.1) is 0 Å². The summed E-state index contributed by atoms with van der Waals surface area (Å²) in [6.45, 7) is 5.53. The first-order valence-corrected chi connectivity index (χ1v) is 13.0. The predicted molar refractivity (Wildman–Crippen MR) is 152 cm³/mol. The fourth-order valence-electron chi connectivity index (χ4n) is 3.72. The van der Waals surface area contributed by atoms with Gasteiger partial charge in [-0.25, -0.2) is 0 Å². The molecule has 0 saturated heterocycles. The highest BCUT2D eigenvalue weighted by atomic mass is 32.2. The molecule has 0 heterocycles. The molecule has 6 nitrogen and oxygen atoms in total. The van der Waals surface area contributed by atoms with Crippen LogP contribution < -0.4 is 20.1 Å². The number of ether oxygens (including phenoxy) is 2. The lowest BCUT2D eigenvalue weighted by atomic mass is 10.1. The van der Waals surface area contributed by atoms with E-state index in [-0.39, 0.29) is 25.0 Å². The lowest BCUT2D eigenvalue weighted by molar-refractivity contribution is -0.118. The van der Waals surface area contributed by atoms with Crippen LogP contribution in [0, 0.1) is 20.8 Å². The zero-order valence-corrected chi connectivity index (χ0v) is 22.4. The first kappa shape index (κ1) is 26.8. The van der Waals surface area contributed by atoms with E-state index in [4.69, 9.17) is 9.47 Å². The van der Waals surface area contributed by atoms with Crippen LogP contribution in [-0.4, -0.2) is 25.0 Å². The number of hydrogen-bond acceptors (Lipinski definition) is 5. The molecule has 38 heavy (non-hydrogen) atoms. The van der Waals surface area contributed by atoms with Crippen molar-refractivity contribution in [2.24, 2.45) is 0 Å². The van der Waals surface area contributed by atoms with Crippen molar-refractivity contribution in [3.8, 4) is 11.5 Å². The van der Waals surface area contributed by atoms with E-state index in [1.807, 2.05) is 106 Å². The maximum atomic E-state index is 12.8. The highest BCUT2D eigenvalue weighted by Crippen LogP contribution is 2.36. The van der Waals surface area contributed by atoms with E-state index < -0.39 is 0 Å². The fraction of sp³-hybridized carbons (Fsp3) is 0.161. The number of carbonyl (C=O) groups is 2. The Morgan fingerprint density at radius 2 is 1.21 bits per heavy atom. The quantitative estimate of drug-likeness (QED) is 0.238. The molecule has 0 spiro atoms. The van der Waals surface area contributed by atoms with Gasteiger partial charge in [0.25, 0.3) is 11.8 Å². The third kappa shape index (κ3) is 7.40. The second kappa shape index (κ2) is 12.8. The van der Waals surface area contributed by atoms with Crippen LogP contribution in [0.4, 0.5) is 11.4 Å². The number of para-hydroxylation sites is 2. The van der Waals surface area contributed by atoms with Crippen molar-refractivity contribution >= 4 is 35.0 Å². The van der Waals surface area contributed by atoms with E-state index in [1.54, 1.807) is 17.8 Å². The number of hydrogen-bond donors (Lipinski definition) is 2. The smallest absolute Gasteiger partial charge is 0.262 e. The van der Waals surface area contributed by atoms with Crippen molar-refractivity contribution in [1.82, 2.24) is 0 Å². The van der Waals surface area contributed by atoms with Gasteiger partial charge in [-0.05, 0) is 73.9 Å². The van der Waals surface area contributed by atoms with Crippen LogP contribution in [0.1, 0.15) is 16.7 Å². The number of rotatable bonds is 10. The Kier molecular flexibility index (Phi) is 9.06. The second-order valence-corrected chi connectivity index (χ2v) is 9.88. The van der Waals surface area contributed by atoms with Crippen molar-refractivity contribution in [3.63, 3.8) is 0 Å². The average molecular weight is 527 g/mol. The van der Waals surface area contributed by atoms with Gasteiger partial charge in [0, 0.05) is 21.2 Å². The molecule has 4 aromatic rings. The van der Waals surface area contributed by atoms with Gasteiger partial charge in [-0.1, -0.05) is 66.4 Å². The molecular formula is C31H30N2O4S. The molecule has 2 N–H and O–H groups in total. The van der Waals surface area contributed by atoms with E-state index >= 15 is 0 Å². The Morgan fingerprint density at radius 3 is 1.79 bits per heavy atom. The lowest BCUT2D eigenvalue weighted by Crippen LogP contribution is -2.22. The molecule has 0 aromatic heterocycles. The molecule has 0 bridgehead atoms. The SMILES string of the molecule is Cc1ccccc1OCC(=O)Nc1cc(NC(=O)COc2ccccc2C)c(C)c(Sc2ccccc2)c1. The Bertz CT molecular complexity index is 1420. The molecule has 0 aliphatic heterocycles. The number of nitrogens with one attached hydrogen (secondary N) is 2. The monoisotopic (exact) mass is 526 g/mol. The molecule has 194 valence electrons. The van der Waals surface area contributed by atoms with Gasteiger partial charge in [-0.2, -0.15) is 0 Å². The maximum Gasteiger partial charge on any atom is 0.262 e. The molecule has 2 amide bonds. The number of anilines is 2. The summed E-state index contributed by atoms with van der Waals surface area (Å²) in [5.41, 5.74) is 3.95. The summed E-state index contributed by atoms with van der Waals surface area (Å²) in [6.07, 6.45) is 0. The van der Waals surface area contributed by atoms with Crippen molar-refractivity contribution in [2.45, 2.75) is 30.6 Å². The first-order chi connectivity index (χ1) is 18.4. The van der Waals surface area contributed by atoms with Crippen LogP contribution in [0.3, 0.4) is 0 Å². The van der Waals surface area contributed by atoms with E-state index in [1.165, 1.54) is 0 Å². The van der Waals surface area contributed by atoms with Crippen LogP contribution in [-0.2, 0) is 9.59 Å². The number of amides is 2. The second-order valence-electron chi connectivity index (χ2n) is 8.77. The molecule has 0 aliphatic rings. The van der Waals surface area contributed by atoms with Crippen LogP contribution in [0.5, 0.6) is 11.5 Å². The molecule has 7 heteroatoms. The summed E-state index contributed by atoms with van der Waals surface area (Å²) in [7, 11) is 0. The Balaban J connectivity index is 1.50. The molecular weight excluding hydrogens is 496 g/mol. The maximum absolute atomic E-state index is 12.8. The van der Waals surface area contributed by atoms with Gasteiger partial charge >= 0.3 is 0 Å². The molecule has 4 aromatic carbocycles. The topological polar surface area (TPSA) is 76.7 Å². The summed E-state index contributed by atoms with van der Waals surface area (Å²) in [4.78, 5) is 27.5. The number of carbonyl (C=O) groups excluding carboxylic acids is 2. The van der Waals surface area contributed by atoms with Crippen LogP contribution in [0.2, 0.25) is 0 Å². The van der Waals surface area contributed by atoms with Crippen molar-refractivity contribution < 1.29 is 19.1 Å². The standard InChI is InChI=1S/C31H30N2O4S/c1-21-11-7-9-15-27(21)36-19-30(34)32-24-17-26(23(3)29(18-24)38-25-13-5-4-6-14-25)33-31(35)20-37-28-16-10-8-12-22(28)2/h4-18H,19-20H2,1-3H3,(H,32,34)(H,33,35). The van der Waals surface area contributed by atoms with Crippen molar-refractivity contribution in [1.29, 1.82) is 0 Å². The summed E-state index contributed by atoms with van der Waals surface area (Å²) >= 11 is 1.56. The number of benzene rings is 4. The van der Waals surface area contributed by atoms with Gasteiger partial charge in [0.05, 0.1) is 0 Å². The van der Waals surface area contributed by atoms with Crippen LogP contribution >= 0.6 is 11.8 Å². The molecule has 0 atom stereocenters. The van der Waals surface area contributed by atoms with Gasteiger partial charge in [0.2, 0.25) is 0 Å². The minimum atomic E-state index is -0.298. The lowest BCUT2D eigenvalue weighted by Gasteiger charge is -2.17. The largest absolute Gasteiger partial charge is 0.483 e. The summed E-state index contributed by atoms with van der Waals surface area (Å²) < 4.78 is 11.4. The first-order valence-electron chi connectivity index (χ1n) is 12.2. The predicted octanol–water partition coefficient (Wildman–Crippen LogP) is 6.80. The van der Waals surface area contributed by atoms with E-state index in [0.29, 0.717) is 22.9 Å². The molecule has 0 fully saturated rings. The zero-order valence-electron chi connectivity index (χ0n) is 21.6. The minimum Gasteiger partial charge on any atom is -0.483 e. The molecule has 0 unspecified atom stereocenters. The molecule has 0 radical (unpaired) electrons. The van der Waals surface area contributed by atoms with Gasteiger partial charge in [-0.3, -0.25) is 9.59 Å². The molecule has 0 saturated carbocycles. The highest BCUT2D eigenvalue weighted by Gasteiger charge is 2.14. The van der Waals surface area contributed by atoms with Gasteiger partial charge in [0.15, 0.2) is 13.2 Å². The zero-order chi connectivity index (χ0) is 26.9. The van der Waals surface area contributed by atoms with Gasteiger partial charge < -0.3 is 20.1 Å². The summed E-state index contributed by atoms with van der Waals surface area (Å²) in [5.74, 6) is 0.731. The van der Waals surface area contributed by atoms with Crippen molar-refractivity contribution in [2.75, 3.05) is 23.8 Å². The number of aryl methyl sites for hydroxylation is 2. The summed E-state index contributed by atoms with van der Waals surface area (Å²) in [5, 5.41) is 5.85. The van der Waals surface area contributed by atoms with Crippen LogP contribution in [0.25, 0.3) is 0 Å². The normalized spacial score (nSPS) is 10.5. The Labute approximate surface area is 227 Å². The molecule has 0 aliphatic carbocycles. The molecule has 4 rings (SSSR count). The highest BCUT2D eigenvalue weighted by molar-refractivity contribution is 7.99. The Morgan fingerprint density at radius 1 is 0.684 bits per heavy atom. The third-order valence-corrected chi connectivity index (χ3v) is 6.95. The minimum absolute atomic E-state index is 0.133. The Hall–Kier alpha value is -4.23. The van der Waals surface area contributed by atoms with E-state index in [9.17, 15) is 9.59 Å². The third-order valence-electron chi connectivity index (χ3n) is 5.79. The van der Waals surface area contributed by atoms with E-state index in [2.05, 4.69) is 10.6 Å². The summed E-state index contributed by atoms with van der Waals surface area (Å²) in [6, 6.07) is 28.7. The van der Waals surface area contributed by atoms with Crippen molar-refractivity contribution in [3.05, 3.63) is 108 Å².